The molecule has 0 spiro atoms. The van der Waals surface area contributed by atoms with Crippen LogP contribution >= 0.6 is 0 Å². The van der Waals surface area contributed by atoms with Gasteiger partial charge in [-0.1, -0.05) is 18.2 Å². The number of nitrogens with zero attached hydrogens (tertiary/aromatic N) is 2. The van der Waals surface area contributed by atoms with Crippen molar-refractivity contribution in [2.24, 2.45) is 0 Å². The topological polar surface area (TPSA) is 82.5 Å². The molecule has 8 heteroatoms. The monoisotopic (exact) mass is 421 g/mol. The van der Waals surface area contributed by atoms with Crippen molar-refractivity contribution >= 4 is 10.0 Å². The number of para-hydroxylation sites is 1. The Kier molecular flexibility index (Phi) is 6.36. The maximum atomic E-state index is 12.7. The third-order valence-electron chi connectivity index (χ3n) is 5.66. The van der Waals surface area contributed by atoms with E-state index in [1.54, 1.807) is 18.0 Å². The molecule has 1 fully saturated rings. The summed E-state index contributed by atoms with van der Waals surface area (Å²) >= 11 is 0. The number of hydrogen-bond donors (Lipinski definition) is 1. The Balaban J connectivity index is 1.83. The zero-order valence-electron chi connectivity index (χ0n) is 17.6. The van der Waals surface area contributed by atoms with Gasteiger partial charge in [0.2, 0.25) is 10.0 Å². The summed E-state index contributed by atoms with van der Waals surface area (Å²) in [6.07, 6.45) is 5.19. The number of aromatic nitrogens is 2. The summed E-state index contributed by atoms with van der Waals surface area (Å²) in [7, 11) is -1.93. The Morgan fingerprint density at radius 1 is 1.31 bits per heavy atom. The molecule has 7 nitrogen and oxygen atoms in total. The lowest BCUT2D eigenvalue weighted by atomic mass is 9.67. The van der Waals surface area contributed by atoms with Gasteiger partial charge in [-0.15, -0.1) is 0 Å². The van der Waals surface area contributed by atoms with Gasteiger partial charge in [0.15, 0.2) is 0 Å². The fourth-order valence-corrected chi connectivity index (χ4v) is 5.29. The Morgan fingerprint density at radius 3 is 2.72 bits per heavy atom. The summed E-state index contributed by atoms with van der Waals surface area (Å²) in [5.41, 5.74) is 0.585. The van der Waals surface area contributed by atoms with E-state index < -0.39 is 10.0 Å². The van der Waals surface area contributed by atoms with E-state index in [1.165, 1.54) is 6.20 Å². The largest absolute Gasteiger partial charge is 0.496 e. The lowest BCUT2D eigenvalue weighted by Crippen LogP contribution is -2.45. The molecule has 3 rings (SSSR count). The molecule has 1 aliphatic rings. The highest BCUT2D eigenvalue weighted by molar-refractivity contribution is 7.89. The van der Waals surface area contributed by atoms with Crippen molar-refractivity contribution < 1.29 is 17.9 Å². The molecule has 1 saturated heterocycles. The highest BCUT2D eigenvalue weighted by atomic mass is 32.2. The first-order chi connectivity index (χ1) is 13.7. The molecule has 1 aromatic carbocycles. The van der Waals surface area contributed by atoms with E-state index in [-0.39, 0.29) is 15.9 Å². The van der Waals surface area contributed by atoms with E-state index in [0.29, 0.717) is 26.1 Å². The van der Waals surface area contributed by atoms with Crippen LogP contribution in [0.3, 0.4) is 0 Å². The maximum absolute atomic E-state index is 12.7. The van der Waals surface area contributed by atoms with Crippen molar-refractivity contribution in [3.63, 3.8) is 0 Å². The van der Waals surface area contributed by atoms with Crippen molar-refractivity contribution in [2.75, 3.05) is 20.3 Å². The van der Waals surface area contributed by atoms with E-state index >= 15 is 0 Å². The molecular formula is C21H31N3O4S. The van der Waals surface area contributed by atoms with Crippen LogP contribution in [0.4, 0.5) is 0 Å². The second-order valence-electron chi connectivity index (χ2n) is 8.20. The smallest absolute Gasteiger partial charge is 0.243 e. The standard InChI is InChI=1S/C21H31N3O4S/c1-5-24-15-17(14-22-24)29(25,26)23-12-10-21(11-13-28-20(2,3)16-21)18-8-6-7-9-19(18)27-4/h6-9,14-15,23H,5,10-13,16H2,1-4H3. The van der Waals surface area contributed by atoms with Gasteiger partial charge in [-0.2, -0.15) is 5.10 Å². The van der Waals surface area contributed by atoms with Crippen molar-refractivity contribution in [1.82, 2.24) is 14.5 Å². The normalized spacial score (nSPS) is 21.8. The van der Waals surface area contributed by atoms with Crippen molar-refractivity contribution in [3.05, 3.63) is 42.2 Å². The molecule has 0 bridgehead atoms. The second kappa shape index (κ2) is 8.45. The molecule has 0 saturated carbocycles. The van der Waals surface area contributed by atoms with Gasteiger partial charge in [0.1, 0.15) is 10.6 Å². The van der Waals surface area contributed by atoms with Gasteiger partial charge in [-0.05, 0) is 46.1 Å². The van der Waals surface area contributed by atoms with E-state index in [9.17, 15) is 8.42 Å². The second-order valence-corrected chi connectivity index (χ2v) is 9.96. The molecule has 0 amide bonds. The van der Waals surface area contributed by atoms with Crippen molar-refractivity contribution in [2.45, 2.75) is 62.5 Å². The van der Waals surface area contributed by atoms with E-state index in [4.69, 9.17) is 9.47 Å². The predicted octanol–water partition coefficient (Wildman–Crippen LogP) is 3.11. The molecular weight excluding hydrogens is 390 g/mol. The average molecular weight is 422 g/mol. The third kappa shape index (κ3) is 4.82. The number of sulfonamides is 1. The predicted molar refractivity (Wildman–Crippen MR) is 112 cm³/mol. The summed E-state index contributed by atoms with van der Waals surface area (Å²) in [6, 6.07) is 8.00. The molecule has 1 aromatic heterocycles. The summed E-state index contributed by atoms with van der Waals surface area (Å²) in [4.78, 5) is 0.193. The van der Waals surface area contributed by atoms with E-state index in [0.717, 1.165) is 24.2 Å². The Morgan fingerprint density at radius 2 is 2.07 bits per heavy atom. The van der Waals surface area contributed by atoms with Gasteiger partial charge in [-0.3, -0.25) is 4.68 Å². The number of aryl methyl sites for hydroxylation is 1. The highest BCUT2D eigenvalue weighted by Crippen LogP contribution is 2.46. The van der Waals surface area contributed by atoms with Gasteiger partial charge >= 0.3 is 0 Å². The summed E-state index contributed by atoms with van der Waals surface area (Å²) in [5.74, 6) is 0.831. The van der Waals surface area contributed by atoms with Crippen LogP contribution in [0, 0.1) is 0 Å². The molecule has 1 atom stereocenters. The first kappa shape index (κ1) is 21.8. The number of methoxy groups -OCH3 is 1. The molecule has 29 heavy (non-hydrogen) atoms. The van der Waals surface area contributed by atoms with Crippen LogP contribution in [0.5, 0.6) is 5.75 Å². The molecule has 0 aliphatic carbocycles. The first-order valence-electron chi connectivity index (χ1n) is 10.0. The molecule has 160 valence electrons. The molecule has 0 radical (unpaired) electrons. The number of ether oxygens (including phenoxy) is 2. The molecule has 1 unspecified atom stereocenters. The first-order valence-corrected chi connectivity index (χ1v) is 11.5. The fraction of sp³-hybridized carbons (Fsp3) is 0.571. The quantitative estimate of drug-likeness (QED) is 0.708. The number of rotatable bonds is 8. The zero-order valence-corrected chi connectivity index (χ0v) is 18.5. The fourth-order valence-electron chi connectivity index (χ4n) is 4.30. The van der Waals surface area contributed by atoms with Crippen molar-refractivity contribution in [3.8, 4) is 5.75 Å². The lowest BCUT2D eigenvalue weighted by Gasteiger charge is -2.46. The van der Waals surface area contributed by atoms with Crippen LogP contribution in [0.1, 0.15) is 45.6 Å². The van der Waals surface area contributed by atoms with Gasteiger partial charge in [0, 0.05) is 36.9 Å². The van der Waals surface area contributed by atoms with Crippen LogP contribution in [-0.4, -0.2) is 44.1 Å². The SMILES string of the molecule is CCn1cc(S(=O)(=O)NCCC2(c3ccccc3OC)CCOC(C)(C)C2)cn1. The van der Waals surface area contributed by atoms with Gasteiger partial charge < -0.3 is 9.47 Å². The summed E-state index contributed by atoms with van der Waals surface area (Å²) in [6.45, 7) is 7.66. The van der Waals surface area contributed by atoms with Gasteiger partial charge in [0.05, 0.1) is 18.9 Å². The summed E-state index contributed by atoms with van der Waals surface area (Å²) in [5, 5.41) is 4.07. The van der Waals surface area contributed by atoms with Gasteiger partial charge in [0.25, 0.3) is 0 Å². The molecule has 1 aliphatic heterocycles. The molecule has 1 N–H and O–H groups in total. The minimum atomic E-state index is -3.60. The third-order valence-corrected chi connectivity index (χ3v) is 7.07. The van der Waals surface area contributed by atoms with Gasteiger partial charge in [-0.25, -0.2) is 13.1 Å². The van der Waals surface area contributed by atoms with Crippen LogP contribution in [0.2, 0.25) is 0 Å². The van der Waals surface area contributed by atoms with Crippen LogP contribution in [0.25, 0.3) is 0 Å². The highest BCUT2D eigenvalue weighted by Gasteiger charge is 2.43. The van der Waals surface area contributed by atoms with Crippen LogP contribution in [0.15, 0.2) is 41.6 Å². The van der Waals surface area contributed by atoms with E-state index in [2.05, 4.69) is 29.7 Å². The Bertz CT molecular complexity index is 939. The van der Waals surface area contributed by atoms with Crippen LogP contribution < -0.4 is 9.46 Å². The zero-order chi connectivity index (χ0) is 21.1. The minimum absolute atomic E-state index is 0.193. The maximum Gasteiger partial charge on any atom is 0.243 e. The molecule has 2 aromatic rings. The van der Waals surface area contributed by atoms with Crippen LogP contribution in [-0.2, 0) is 26.7 Å². The number of nitrogens with one attached hydrogen (secondary N) is 1. The molecule has 2 heterocycles. The van der Waals surface area contributed by atoms with Crippen molar-refractivity contribution in [1.29, 1.82) is 0 Å². The minimum Gasteiger partial charge on any atom is -0.496 e. The Labute approximate surface area is 173 Å². The summed E-state index contributed by atoms with van der Waals surface area (Å²) < 4.78 is 41.3. The number of benzene rings is 1. The number of hydrogen-bond acceptors (Lipinski definition) is 5. The average Bonchev–Trinajstić information content (AvgIpc) is 3.17. The lowest BCUT2D eigenvalue weighted by molar-refractivity contribution is -0.0840. The van der Waals surface area contributed by atoms with E-state index in [1.807, 2.05) is 25.1 Å². The Hall–Kier alpha value is -1.90.